The van der Waals surface area contributed by atoms with Gasteiger partial charge in [-0.15, -0.1) is 0 Å². The number of benzene rings is 1. The molecule has 1 aliphatic rings. The molecule has 2 rings (SSSR count). The zero-order valence-electron chi connectivity index (χ0n) is 14.2. The summed E-state index contributed by atoms with van der Waals surface area (Å²) >= 11 is 0. The second-order valence-electron chi connectivity index (χ2n) is 6.88. The Morgan fingerprint density at radius 1 is 1.14 bits per heavy atom. The molecule has 118 valence electrons. The SMILES string of the molecule is COc1cc(C)cc(C)c1C(N)C(C)(C)N1CCCCC1. The van der Waals surface area contributed by atoms with Gasteiger partial charge in [0.05, 0.1) is 13.2 Å². The first-order valence-corrected chi connectivity index (χ1v) is 8.03. The van der Waals surface area contributed by atoms with Crippen molar-refractivity contribution in [3.63, 3.8) is 0 Å². The number of nitrogens with zero attached hydrogens (tertiary/aromatic N) is 1. The highest BCUT2D eigenvalue weighted by molar-refractivity contribution is 5.46. The number of piperidine rings is 1. The van der Waals surface area contributed by atoms with Crippen LogP contribution < -0.4 is 10.5 Å². The van der Waals surface area contributed by atoms with Gasteiger partial charge in [-0.1, -0.05) is 12.5 Å². The maximum Gasteiger partial charge on any atom is 0.124 e. The van der Waals surface area contributed by atoms with Crippen LogP contribution in [-0.2, 0) is 0 Å². The molecule has 1 aromatic carbocycles. The van der Waals surface area contributed by atoms with E-state index in [9.17, 15) is 0 Å². The fourth-order valence-electron chi connectivity index (χ4n) is 3.53. The predicted molar refractivity (Wildman–Crippen MR) is 88.9 cm³/mol. The normalized spacial score (nSPS) is 18.6. The van der Waals surface area contributed by atoms with Gasteiger partial charge in [-0.3, -0.25) is 4.90 Å². The number of nitrogens with two attached hydrogens (primary N) is 1. The minimum absolute atomic E-state index is 0.0499. The molecule has 0 bridgehead atoms. The van der Waals surface area contributed by atoms with Gasteiger partial charge in [0, 0.05) is 11.1 Å². The van der Waals surface area contributed by atoms with Crippen LogP contribution in [0.4, 0.5) is 0 Å². The zero-order chi connectivity index (χ0) is 15.6. The van der Waals surface area contributed by atoms with Crippen molar-refractivity contribution in [1.82, 2.24) is 4.90 Å². The second-order valence-corrected chi connectivity index (χ2v) is 6.88. The lowest BCUT2D eigenvalue weighted by molar-refractivity contribution is 0.0720. The van der Waals surface area contributed by atoms with E-state index in [2.05, 4.69) is 44.7 Å². The fourth-order valence-corrected chi connectivity index (χ4v) is 3.53. The summed E-state index contributed by atoms with van der Waals surface area (Å²) in [6, 6.07) is 4.24. The second kappa shape index (κ2) is 6.37. The lowest BCUT2D eigenvalue weighted by Crippen LogP contribution is -2.53. The molecule has 0 saturated carbocycles. The molecule has 0 spiro atoms. The first-order chi connectivity index (χ1) is 9.87. The van der Waals surface area contributed by atoms with Crippen LogP contribution in [0.3, 0.4) is 0 Å². The van der Waals surface area contributed by atoms with Crippen LogP contribution >= 0.6 is 0 Å². The van der Waals surface area contributed by atoms with Crippen molar-refractivity contribution >= 4 is 0 Å². The molecule has 3 nitrogen and oxygen atoms in total. The summed E-state index contributed by atoms with van der Waals surface area (Å²) in [5.74, 6) is 0.921. The topological polar surface area (TPSA) is 38.5 Å². The van der Waals surface area contributed by atoms with Gasteiger partial charge in [-0.05, 0) is 70.8 Å². The van der Waals surface area contributed by atoms with E-state index in [0.717, 1.165) is 24.4 Å². The summed E-state index contributed by atoms with van der Waals surface area (Å²) in [5, 5.41) is 0. The standard InChI is InChI=1S/C18H30N2O/c1-13-11-14(2)16(15(12-13)21-5)17(19)18(3,4)20-9-7-6-8-10-20/h11-12,17H,6-10,19H2,1-5H3. The maximum absolute atomic E-state index is 6.71. The predicted octanol–water partition coefficient (Wildman–Crippen LogP) is 3.58. The number of ether oxygens (including phenoxy) is 1. The van der Waals surface area contributed by atoms with E-state index in [1.165, 1.54) is 30.4 Å². The molecule has 1 atom stereocenters. The van der Waals surface area contributed by atoms with Crippen LogP contribution in [0, 0.1) is 13.8 Å². The highest BCUT2D eigenvalue weighted by Gasteiger charge is 2.36. The molecule has 3 heteroatoms. The van der Waals surface area contributed by atoms with Gasteiger partial charge in [-0.25, -0.2) is 0 Å². The summed E-state index contributed by atoms with van der Waals surface area (Å²) in [5.41, 5.74) is 10.2. The third-order valence-electron chi connectivity index (χ3n) is 4.96. The molecule has 1 heterocycles. The third-order valence-corrected chi connectivity index (χ3v) is 4.96. The Bertz CT molecular complexity index is 490. The van der Waals surface area contributed by atoms with E-state index in [1.807, 2.05) is 0 Å². The van der Waals surface area contributed by atoms with Gasteiger partial charge in [0.15, 0.2) is 0 Å². The molecular formula is C18H30N2O. The van der Waals surface area contributed by atoms with Crippen molar-refractivity contribution in [2.24, 2.45) is 5.73 Å². The van der Waals surface area contributed by atoms with Crippen LogP contribution in [0.25, 0.3) is 0 Å². The largest absolute Gasteiger partial charge is 0.496 e. The number of hydrogen-bond donors (Lipinski definition) is 1. The van der Waals surface area contributed by atoms with Gasteiger partial charge in [0.2, 0.25) is 0 Å². The maximum atomic E-state index is 6.71. The Morgan fingerprint density at radius 3 is 2.33 bits per heavy atom. The van der Waals surface area contributed by atoms with E-state index in [0.29, 0.717) is 0 Å². The quantitative estimate of drug-likeness (QED) is 0.921. The summed E-state index contributed by atoms with van der Waals surface area (Å²) < 4.78 is 5.61. The molecule has 1 unspecified atom stereocenters. The van der Waals surface area contributed by atoms with Gasteiger partial charge < -0.3 is 10.5 Å². The Hall–Kier alpha value is -1.06. The highest BCUT2D eigenvalue weighted by Crippen LogP contribution is 2.37. The molecule has 0 amide bonds. The number of methoxy groups -OCH3 is 1. The number of likely N-dealkylation sites (tertiary alicyclic amines) is 1. The average molecular weight is 290 g/mol. The molecule has 1 saturated heterocycles. The summed E-state index contributed by atoms with van der Waals surface area (Å²) in [6.07, 6.45) is 3.90. The van der Waals surface area contributed by atoms with E-state index in [4.69, 9.17) is 10.5 Å². The van der Waals surface area contributed by atoms with Crippen molar-refractivity contribution < 1.29 is 4.74 Å². The lowest BCUT2D eigenvalue weighted by atomic mass is 9.83. The Kier molecular flexibility index (Phi) is 4.95. The molecule has 1 aromatic rings. The lowest BCUT2D eigenvalue weighted by Gasteiger charge is -2.45. The zero-order valence-corrected chi connectivity index (χ0v) is 14.2. The monoisotopic (exact) mass is 290 g/mol. The van der Waals surface area contributed by atoms with E-state index in [1.54, 1.807) is 7.11 Å². The number of rotatable bonds is 4. The first-order valence-electron chi connectivity index (χ1n) is 8.03. The molecule has 1 aliphatic heterocycles. The van der Waals surface area contributed by atoms with Gasteiger partial charge in [-0.2, -0.15) is 0 Å². The van der Waals surface area contributed by atoms with Gasteiger partial charge >= 0.3 is 0 Å². The molecule has 1 fully saturated rings. The minimum Gasteiger partial charge on any atom is -0.496 e. The molecule has 0 radical (unpaired) electrons. The van der Waals surface area contributed by atoms with Crippen molar-refractivity contribution in [2.75, 3.05) is 20.2 Å². The molecule has 0 aliphatic carbocycles. The number of hydrogen-bond acceptors (Lipinski definition) is 3. The van der Waals surface area contributed by atoms with Crippen LogP contribution in [0.2, 0.25) is 0 Å². The first kappa shape index (κ1) is 16.3. The van der Waals surface area contributed by atoms with Crippen molar-refractivity contribution in [1.29, 1.82) is 0 Å². The summed E-state index contributed by atoms with van der Waals surface area (Å²) in [6.45, 7) is 11.1. The van der Waals surface area contributed by atoms with Crippen LogP contribution in [0.15, 0.2) is 12.1 Å². The van der Waals surface area contributed by atoms with Crippen LogP contribution in [0.1, 0.15) is 55.8 Å². The van der Waals surface area contributed by atoms with Crippen molar-refractivity contribution in [2.45, 2.75) is 58.5 Å². The molecule has 2 N–H and O–H groups in total. The Morgan fingerprint density at radius 2 is 1.76 bits per heavy atom. The van der Waals surface area contributed by atoms with Crippen molar-refractivity contribution in [3.8, 4) is 5.75 Å². The molecule has 0 aromatic heterocycles. The smallest absolute Gasteiger partial charge is 0.124 e. The molecular weight excluding hydrogens is 260 g/mol. The van der Waals surface area contributed by atoms with Crippen molar-refractivity contribution in [3.05, 3.63) is 28.8 Å². The number of aryl methyl sites for hydroxylation is 2. The fraction of sp³-hybridized carbons (Fsp3) is 0.667. The van der Waals surface area contributed by atoms with E-state index >= 15 is 0 Å². The Balaban J connectivity index is 2.36. The van der Waals surface area contributed by atoms with Gasteiger partial charge in [0.1, 0.15) is 5.75 Å². The summed E-state index contributed by atoms with van der Waals surface area (Å²) in [7, 11) is 1.73. The summed E-state index contributed by atoms with van der Waals surface area (Å²) in [4.78, 5) is 2.54. The van der Waals surface area contributed by atoms with E-state index < -0.39 is 0 Å². The highest BCUT2D eigenvalue weighted by atomic mass is 16.5. The molecule has 21 heavy (non-hydrogen) atoms. The van der Waals surface area contributed by atoms with E-state index in [-0.39, 0.29) is 11.6 Å². The minimum atomic E-state index is -0.0618. The van der Waals surface area contributed by atoms with Gasteiger partial charge in [0.25, 0.3) is 0 Å². The third kappa shape index (κ3) is 3.24. The Labute approximate surface area is 129 Å². The van der Waals surface area contributed by atoms with Crippen LogP contribution in [0.5, 0.6) is 5.75 Å². The van der Waals surface area contributed by atoms with Crippen LogP contribution in [-0.4, -0.2) is 30.6 Å². The average Bonchev–Trinajstić information content (AvgIpc) is 2.46.